The molecule has 0 aliphatic carbocycles. The summed E-state index contributed by atoms with van der Waals surface area (Å²) in [4.78, 5) is 26.7. The largest absolute Gasteiger partial charge is 0.494 e. The van der Waals surface area contributed by atoms with Crippen LogP contribution in [0.25, 0.3) is 0 Å². The second-order valence-corrected chi connectivity index (χ2v) is 9.92. The third-order valence-electron chi connectivity index (χ3n) is 5.86. The topological polar surface area (TPSA) is 93.2 Å². The summed E-state index contributed by atoms with van der Waals surface area (Å²) in [7, 11) is -3.62. The first-order valence-corrected chi connectivity index (χ1v) is 12.5. The Bertz CT molecular complexity index is 839. The van der Waals surface area contributed by atoms with Crippen LogP contribution in [0.5, 0.6) is 5.75 Å². The molecule has 1 aromatic carbocycles. The fourth-order valence-electron chi connectivity index (χ4n) is 4.02. The van der Waals surface area contributed by atoms with Crippen molar-refractivity contribution in [3.8, 4) is 5.75 Å². The Balaban J connectivity index is 1.47. The molecule has 0 radical (unpaired) electrons. The van der Waals surface area contributed by atoms with Crippen LogP contribution in [0, 0.1) is 5.92 Å². The van der Waals surface area contributed by atoms with Gasteiger partial charge in [-0.1, -0.05) is 12.8 Å². The summed E-state index contributed by atoms with van der Waals surface area (Å²) in [5, 5.41) is 0. The van der Waals surface area contributed by atoms with Crippen molar-refractivity contribution in [3.05, 3.63) is 24.3 Å². The van der Waals surface area contributed by atoms with Crippen LogP contribution >= 0.6 is 0 Å². The second kappa shape index (κ2) is 10.9. The molecule has 0 unspecified atom stereocenters. The van der Waals surface area contributed by atoms with Gasteiger partial charge in [-0.25, -0.2) is 8.42 Å². The minimum absolute atomic E-state index is 0.147. The molecule has 2 aliphatic rings. The lowest BCUT2D eigenvalue weighted by Gasteiger charge is -2.30. The van der Waals surface area contributed by atoms with Gasteiger partial charge in [-0.05, 0) is 56.9 Å². The number of likely N-dealkylation sites (tertiary alicyclic amines) is 1. The number of hydrogen-bond acceptors (Lipinski definition) is 6. The molecule has 2 saturated heterocycles. The number of rotatable bonds is 7. The zero-order valence-electron chi connectivity index (χ0n) is 18.1. The van der Waals surface area contributed by atoms with Gasteiger partial charge in [0.15, 0.2) is 6.61 Å². The fraction of sp³-hybridized carbons (Fsp3) is 0.636. The molecular weight excluding hydrogens is 420 g/mol. The number of esters is 1. The fourth-order valence-corrected chi connectivity index (χ4v) is 5.49. The van der Waals surface area contributed by atoms with Crippen LogP contribution in [0.2, 0.25) is 0 Å². The van der Waals surface area contributed by atoms with E-state index in [1.165, 1.54) is 16.4 Å². The third kappa shape index (κ3) is 6.20. The molecule has 1 aromatic rings. The highest BCUT2D eigenvalue weighted by Crippen LogP contribution is 2.26. The first-order chi connectivity index (χ1) is 14.9. The van der Waals surface area contributed by atoms with Crippen LogP contribution < -0.4 is 4.74 Å². The minimum atomic E-state index is -3.62. The maximum atomic E-state index is 12.9. The van der Waals surface area contributed by atoms with E-state index in [9.17, 15) is 18.0 Å². The van der Waals surface area contributed by atoms with Gasteiger partial charge in [-0.3, -0.25) is 9.59 Å². The van der Waals surface area contributed by atoms with Crippen molar-refractivity contribution in [2.24, 2.45) is 5.92 Å². The van der Waals surface area contributed by atoms with Crippen molar-refractivity contribution in [3.63, 3.8) is 0 Å². The van der Waals surface area contributed by atoms with E-state index >= 15 is 0 Å². The highest BCUT2D eigenvalue weighted by molar-refractivity contribution is 7.89. The smallest absolute Gasteiger partial charge is 0.309 e. The molecule has 1 amide bonds. The summed E-state index contributed by atoms with van der Waals surface area (Å²) in [6.07, 6.45) is 4.99. The summed E-state index contributed by atoms with van der Waals surface area (Å²) < 4.78 is 37.8. The number of amides is 1. The number of carbonyl (C=O) groups excluding carboxylic acids is 2. The van der Waals surface area contributed by atoms with E-state index in [2.05, 4.69) is 0 Å². The molecule has 2 heterocycles. The molecule has 0 atom stereocenters. The summed E-state index contributed by atoms with van der Waals surface area (Å²) >= 11 is 0. The van der Waals surface area contributed by atoms with Gasteiger partial charge in [0.05, 0.1) is 17.4 Å². The predicted octanol–water partition coefficient (Wildman–Crippen LogP) is 2.43. The number of piperidine rings is 1. The van der Waals surface area contributed by atoms with Crippen molar-refractivity contribution in [2.45, 2.75) is 50.3 Å². The van der Waals surface area contributed by atoms with Crippen molar-refractivity contribution in [2.75, 3.05) is 39.4 Å². The van der Waals surface area contributed by atoms with Crippen molar-refractivity contribution in [1.29, 1.82) is 0 Å². The van der Waals surface area contributed by atoms with E-state index in [4.69, 9.17) is 9.47 Å². The molecule has 31 heavy (non-hydrogen) atoms. The lowest BCUT2D eigenvalue weighted by atomic mass is 9.98. The summed E-state index contributed by atoms with van der Waals surface area (Å²) in [5.74, 6) is -0.326. The van der Waals surface area contributed by atoms with Crippen LogP contribution in [0.4, 0.5) is 0 Å². The van der Waals surface area contributed by atoms with Crippen LogP contribution in [-0.4, -0.2) is 68.9 Å². The Morgan fingerprint density at radius 3 is 2.16 bits per heavy atom. The maximum absolute atomic E-state index is 12.9. The van der Waals surface area contributed by atoms with Crippen LogP contribution in [0.1, 0.15) is 45.4 Å². The molecular formula is C22H32N2O6S. The van der Waals surface area contributed by atoms with Gasteiger partial charge in [0, 0.05) is 26.2 Å². The highest BCUT2D eigenvalue weighted by Gasteiger charge is 2.33. The summed E-state index contributed by atoms with van der Waals surface area (Å²) in [5.41, 5.74) is 0. The molecule has 9 heteroatoms. The zero-order chi connectivity index (χ0) is 22.3. The van der Waals surface area contributed by atoms with Gasteiger partial charge in [0.1, 0.15) is 5.75 Å². The Labute approximate surface area is 184 Å². The maximum Gasteiger partial charge on any atom is 0.309 e. The first-order valence-electron chi connectivity index (χ1n) is 11.1. The second-order valence-electron chi connectivity index (χ2n) is 7.99. The van der Waals surface area contributed by atoms with Crippen molar-refractivity contribution >= 4 is 21.9 Å². The summed E-state index contributed by atoms with van der Waals surface area (Å²) in [6, 6.07) is 6.36. The van der Waals surface area contributed by atoms with Crippen molar-refractivity contribution in [1.82, 2.24) is 9.21 Å². The SMILES string of the molecule is CCOc1ccc(S(=O)(=O)N2CCC(C(=O)OCC(=O)N3CCCCCC3)CC2)cc1. The normalized spacial score (nSPS) is 18.9. The predicted molar refractivity (Wildman–Crippen MR) is 115 cm³/mol. The van der Waals surface area contributed by atoms with E-state index in [1.54, 1.807) is 17.0 Å². The van der Waals surface area contributed by atoms with E-state index in [0.717, 1.165) is 38.8 Å². The van der Waals surface area contributed by atoms with Gasteiger partial charge in [-0.15, -0.1) is 0 Å². The zero-order valence-corrected chi connectivity index (χ0v) is 18.9. The Hall–Kier alpha value is -2.13. The van der Waals surface area contributed by atoms with Gasteiger partial charge in [0.2, 0.25) is 10.0 Å². The number of hydrogen-bond donors (Lipinski definition) is 0. The van der Waals surface area contributed by atoms with Gasteiger partial charge < -0.3 is 14.4 Å². The summed E-state index contributed by atoms with van der Waals surface area (Å²) in [6.45, 7) is 4.08. The first kappa shape index (κ1) is 23.5. The monoisotopic (exact) mass is 452 g/mol. The van der Waals surface area contributed by atoms with E-state index in [1.807, 2.05) is 6.92 Å². The van der Waals surface area contributed by atoms with Gasteiger partial charge >= 0.3 is 5.97 Å². The Kier molecular flexibility index (Phi) is 8.31. The molecule has 0 bridgehead atoms. The molecule has 0 aromatic heterocycles. The average molecular weight is 453 g/mol. The van der Waals surface area contributed by atoms with Crippen LogP contribution in [0.15, 0.2) is 29.2 Å². The number of carbonyl (C=O) groups is 2. The molecule has 8 nitrogen and oxygen atoms in total. The van der Waals surface area contributed by atoms with Crippen LogP contribution in [0.3, 0.4) is 0 Å². The molecule has 0 spiro atoms. The lowest BCUT2D eigenvalue weighted by molar-refractivity contribution is -0.156. The van der Waals surface area contributed by atoms with Crippen LogP contribution in [-0.2, 0) is 24.3 Å². The molecule has 2 aliphatic heterocycles. The number of sulfonamides is 1. The quantitative estimate of drug-likeness (QED) is 0.590. The molecule has 0 N–H and O–H groups in total. The number of nitrogens with zero attached hydrogens (tertiary/aromatic N) is 2. The van der Waals surface area contributed by atoms with E-state index < -0.39 is 16.0 Å². The minimum Gasteiger partial charge on any atom is -0.494 e. The highest BCUT2D eigenvalue weighted by atomic mass is 32.2. The number of ether oxygens (including phenoxy) is 2. The molecule has 0 saturated carbocycles. The molecule has 3 rings (SSSR count). The third-order valence-corrected chi connectivity index (χ3v) is 7.77. The molecule has 172 valence electrons. The Morgan fingerprint density at radius 2 is 1.58 bits per heavy atom. The molecule has 2 fully saturated rings. The Morgan fingerprint density at radius 1 is 0.968 bits per heavy atom. The number of benzene rings is 1. The van der Waals surface area contributed by atoms with Gasteiger partial charge in [0.25, 0.3) is 5.91 Å². The van der Waals surface area contributed by atoms with Gasteiger partial charge in [-0.2, -0.15) is 4.31 Å². The average Bonchev–Trinajstić information content (AvgIpc) is 3.08. The van der Waals surface area contributed by atoms with E-state index in [0.29, 0.717) is 25.2 Å². The lowest BCUT2D eigenvalue weighted by Crippen LogP contribution is -2.41. The van der Waals surface area contributed by atoms with E-state index in [-0.39, 0.29) is 36.4 Å². The standard InChI is InChI=1S/C22H32N2O6S/c1-2-29-19-7-9-20(10-8-19)31(27,28)24-15-11-18(12-16-24)22(26)30-17-21(25)23-13-5-3-4-6-14-23/h7-10,18H,2-6,11-17H2,1H3. The van der Waals surface area contributed by atoms with Crippen molar-refractivity contribution < 1.29 is 27.5 Å².